The molecule has 0 aliphatic rings. The Labute approximate surface area is 218 Å². The first-order chi connectivity index (χ1) is 18.2. The maximum atomic E-state index is 12.5. The fraction of sp³-hybridized carbons (Fsp3) is 0.290. The van der Waals surface area contributed by atoms with Gasteiger partial charge in [-0.2, -0.15) is 0 Å². The molecule has 192 valence electrons. The maximum absolute atomic E-state index is 12.5. The number of aryl methyl sites for hydroxylation is 2. The summed E-state index contributed by atoms with van der Waals surface area (Å²) in [6, 6.07) is 23.6. The van der Waals surface area contributed by atoms with Crippen molar-refractivity contribution in [2.24, 2.45) is 0 Å². The van der Waals surface area contributed by atoms with E-state index in [2.05, 4.69) is 40.7 Å². The van der Waals surface area contributed by atoms with E-state index in [1.807, 2.05) is 42.5 Å². The minimum Gasteiger partial charge on any atom is -0.497 e. The normalized spacial score (nSPS) is 10.8. The lowest BCUT2D eigenvalue weighted by Gasteiger charge is -2.12. The van der Waals surface area contributed by atoms with E-state index in [9.17, 15) is 4.79 Å². The van der Waals surface area contributed by atoms with Crippen LogP contribution in [0, 0.1) is 0 Å². The molecule has 1 heterocycles. The van der Waals surface area contributed by atoms with Crippen molar-refractivity contribution >= 4 is 16.9 Å². The van der Waals surface area contributed by atoms with Gasteiger partial charge in [-0.3, -0.25) is 4.79 Å². The third-order valence-electron chi connectivity index (χ3n) is 6.30. The topological polar surface area (TPSA) is 65.4 Å². The van der Waals surface area contributed by atoms with Crippen LogP contribution in [0.1, 0.15) is 41.0 Å². The van der Waals surface area contributed by atoms with Gasteiger partial charge < -0.3 is 19.4 Å². The molecule has 0 radical (unpaired) electrons. The number of carbonyl (C=O) groups excluding carboxylic acids is 1. The number of para-hydroxylation sites is 3. The summed E-state index contributed by atoms with van der Waals surface area (Å²) < 4.78 is 13.6. The summed E-state index contributed by atoms with van der Waals surface area (Å²) in [5.74, 6) is 2.57. The van der Waals surface area contributed by atoms with Crippen LogP contribution in [0.25, 0.3) is 11.0 Å². The number of fused-ring (bicyclic) bond motifs is 1. The summed E-state index contributed by atoms with van der Waals surface area (Å²) in [6.45, 7) is 5.97. The Morgan fingerprint density at radius 2 is 1.86 bits per heavy atom. The molecule has 1 aromatic heterocycles. The lowest BCUT2D eigenvalue weighted by Crippen LogP contribution is -2.25. The minimum atomic E-state index is -0.0953. The van der Waals surface area contributed by atoms with Crippen LogP contribution >= 0.6 is 0 Å². The highest BCUT2D eigenvalue weighted by Crippen LogP contribution is 2.21. The minimum absolute atomic E-state index is 0.0953. The van der Waals surface area contributed by atoms with Crippen LogP contribution in [-0.2, 0) is 19.4 Å². The Morgan fingerprint density at radius 3 is 2.73 bits per heavy atom. The molecule has 1 amide bonds. The average molecular weight is 498 g/mol. The number of allylic oxidation sites excluding steroid dienone is 1. The van der Waals surface area contributed by atoms with Gasteiger partial charge in [0.1, 0.15) is 17.3 Å². The van der Waals surface area contributed by atoms with Gasteiger partial charge in [-0.25, -0.2) is 4.98 Å². The van der Waals surface area contributed by atoms with Gasteiger partial charge in [0.05, 0.1) is 24.8 Å². The molecule has 0 aliphatic carbocycles. The number of hydrogen-bond acceptors (Lipinski definition) is 4. The van der Waals surface area contributed by atoms with E-state index in [-0.39, 0.29) is 5.91 Å². The number of unbranched alkanes of at least 4 members (excludes halogenated alkanes) is 1. The molecule has 0 atom stereocenters. The largest absolute Gasteiger partial charge is 0.497 e. The van der Waals surface area contributed by atoms with E-state index < -0.39 is 0 Å². The number of amides is 1. The Kier molecular flexibility index (Phi) is 9.35. The molecular formula is C31H35N3O3. The predicted octanol–water partition coefficient (Wildman–Crippen LogP) is 6.00. The Bertz CT molecular complexity index is 1330. The van der Waals surface area contributed by atoms with Gasteiger partial charge in [-0.05, 0) is 67.6 Å². The monoisotopic (exact) mass is 497 g/mol. The number of ether oxygens (including phenoxy) is 2. The van der Waals surface area contributed by atoms with Crippen molar-refractivity contribution in [2.75, 3.05) is 20.3 Å². The third-order valence-corrected chi connectivity index (χ3v) is 6.30. The molecule has 1 N–H and O–H groups in total. The molecule has 4 rings (SSSR count). The third kappa shape index (κ3) is 7.00. The van der Waals surface area contributed by atoms with E-state index in [0.29, 0.717) is 24.5 Å². The van der Waals surface area contributed by atoms with Crippen molar-refractivity contribution in [2.45, 2.75) is 38.6 Å². The second kappa shape index (κ2) is 13.3. The molecule has 4 aromatic rings. The first-order valence-corrected chi connectivity index (χ1v) is 12.9. The second-order valence-corrected chi connectivity index (χ2v) is 8.92. The summed E-state index contributed by atoms with van der Waals surface area (Å²) >= 11 is 0. The number of benzene rings is 3. The molecule has 0 unspecified atom stereocenters. The molecular weight excluding hydrogens is 462 g/mol. The SMILES string of the molecule is C=CCc1ccccc1OCCCCn1c(CCCNC(=O)c2cccc(OC)c2)nc2ccccc21. The summed E-state index contributed by atoms with van der Waals surface area (Å²) in [5.41, 5.74) is 3.92. The average Bonchev–Trinajstić information content (AvgIpc) is 3.29. The summed E-state index contributed by atoms with van der Waals surface area (Å²) in [5, 5.41) is 3.01. The van der Waals surface area contributed by atoms with Crippen molar-refractivity contribution in [3.05, 3.63) is 102 Å². The lowest BCUT2D eigenvalue weighted by atomic mass is 10.1. The quantitative estimate of drug-likeness (QED) is 0.172. The zero-order valence-corrected chi connectivity index (χ0v) is 21.5. The molecule has 0 saturated heterocycles. The van der Waals surface area contributed by atoms with Crippen molar-refractivity contribution in [1.29, 1.82) is 0 Å². The molecule has 6 nitrogen and oxygen atoms in total. The van der Waals surface area contributed by atoms with E-state index in [4.69, 9.17) is 14.5 Å². The Balaban J connectivity index is 1.29. The van der Waals surface area contributed by atoms with Crippen LogP contribution in [0.2, 0.25) is 0 Å². The van der Waals surface area contributed by atoms with Gasteiger partial charge in [0.15, 0.2) is 0 Å². The van der Waals surface area contributed by atoms with Crippen LogP contribution in [0.3, 0.4) is 0 Å². The number of carbonyl (C=O) groups is 1. The molecule has 6 heteroatoms. The van der Waals surface area contributed by atoms with Gasteiger partial charge in [0.2, 0.25) is 0 Å². The van der Waals surface area contributed by atoms with Crippen molar-refractivity contribution in [3.63, 3.8) is 0 Å². The van der Waals surface area contributed by atoms with Crippen LogP contribution in [0.4, 0.5) is 0 Å². The molecule has 3 aromatic carbocycles. The summed E-state index contributed by atoms with van der Waals surface area (Å²) in [4.78, 5) is 17.4. The summed E-state index contributed by atoms with van der Waals surface area (Å²) in [7, 11) is 1.60. The lowest BCUT2D eigenvalue weighted by molar-refractivity contribution is 0.0952. The fourth-order valence-electron chi connectivity index (χ4n) is 4.40. The van der Waals surface area contributed by atoms with Gasteiger partial charge in [0.25, 0.3) is 5.91 Å². The highest BCUT2D eigenvalue weighted by Gasteiger charge is 2.11. The van der Waals surface area contributed by atoms with E-state index in [0.717, 1.165) is 61.3 Å². The van der Waals surface area contributed by atoms with Crippen molar-refractivity contribution in [3.8, 4) is 11.5 Å². The molecule has 0 aliphatic heterocycles. The molecule has 37 heavy (non-hydrogen) atoms. The van der Waals surface area contributed by atoms with Gasteiger partial charge in [-0.15, -0.1) is 6.58 Å². The van der Waals surface area contributed by atoms with E-state index in [1.165, 1.54) is 5.56 Å². The van der Waals surface area contributed by atoms with Gasteiger partial charge in [0, 0.05) is 25.1 Å². The van der Waals surface area contributed by atoms with Crippen molar-refractivity contribution in [1.82, 2.24) is 14.9 Å². The number of hydrogen-bond donors (Lipinski definition) is 1. The standard InChI is InChI=1S/C31H35N3O3/c1-3-12-24-13-4-7-18-29(24)37-22-9-8-21-34-28-17-6-5-16-27(28)33-30(34)19-11-20-32-31(35)25-14-10-15-26(23-25)36-2/h3-7,10,13-18,23H,1,8-9,11-12,19-22H2,2H3,(H,32,35). The van der Waals surface area contributed by atoms with Crippen LogP contribution in [0.15, 0.2) is 85.5 Å². The van der Waals surface area contributed by atoms with Crippen LogP contribution < -0.4 is 14.8 Å². The summed E-state index contributed by atoms with van der Waals surface area (Å²) in [6.07, 6.45) is 6.24. The zero-order valence-electron chi connectivity index (χ0n) is 21.5. The van der Waals surface area contributed by atoms with E-state index >= 15 is 0 Å². The first kappa shape index (κ1) is 26.0. The van der Waals surface area contributed by atoms with Gasteiger partial charge >= 0.3 is 0 Å². The van der Waals surface area contributed by atoms with Crippen molar-refractivity contribution < 1.29 is 14.3 Å². The van der Waals surface area contributed by atoms with Crippen LogP contribution in [0.5, 0.6) is 11.5 Å². The second-order valence-electron chi connectivity index (χ2n) is 8.92. The zero-order chi connectivity index (χ0) is 25.9. The number of nitrogens with one attached hydrogen (secondary N) is 1. The molecule has 0 fully saturated rings. The fourth-order valence-corrected chi connectivity index (χ4v) is 4.40. The first-order valence-electron chi connectivity index (χ1n) is 12.9. The molecule has 0 bridgehead atoms. The molecule has 0 spiro atoms. The number of rotatable bonds is 14. The smallest absolute Gasteiger partial charge is 0.251 e. The highest BCUT2D eigenvalue weighted by molar-refractivity contribution is 5.94. The number of nitrogens with zero attached hydrogens (tertiary/aromatic N) is 2. The van der Waals surface area contributed by atoms with Gasteiger partial charge in [-0.1, -0.05) is 42.5 Å². The highest BCUT2D eigenvalue weighted by atomic mass is 16.5. The predicted molar refractivity (Wildman–Crippen MR) is 148 cm³/mol. The number of aromatic nitrogens is 2. The Hall–Kier alpha value is -4.06. The van der Waals surface area contributed by atoms with E-state index in [1.54, 1.807) is 19.2 Å². The Morgan fingerprint density at radius 1 is 1.03 bits per heavy atom. The van der Waals surface area contributed by atoms with Crippen LogP contribution in [-0.4, -0.2) is 35.7 Å². The number of methoxy groups -OCH3 is 1. The number of imidazole rings is 1. The molecule has 0 saturated carbocycles. The maximum Gasteiger partial charge on any atom is 0.251 e.